The predicted molar refractivity (Wildman–Crippen MR) is 69.8 cm³/mol. The lowest BCUT2D eigenvalue weighted by Crippen LogP contribution is -3.14. The first-order valence-electron chi connectivity index (χ1n) is 6.50. The van der Waals surface area contributed by atoms with Crippen molar-refractivity contribution >= 4 is 11.7 Å². The Bertz CT molecular complexity index is 485. The molecule has 108 valence electrons. The van der Waals surface area contributed by atoms with Gasteiger partial charge in [-0.25, -0.2) is 4.79 Å². The number of carbonyl (C=O) groups is 1. The number of nitro benzene ring substituents is 1. The molecular formula is C13H17N2O5+. The molecular weight excluding hydrogens is 264 g/mol. The zero-order valence-electron chi connectivity index (χ0n) is 11.0. The van der Waals surface area contributed by atoms with E-state index in [9.17, 15) is 14.9 Å². The Labute approximate surface area is 116 Å². The van der Waals surface area contributed by atoms with E-state index in [2.05, 4.69) is 0 Å². The summed E-state index contributed by atoms with van der Waals surface area (Å²) in [6.07, 6.45) is 0. The summed E-state index contributed by atoms with van der Waals surface area (Å²) in [5.74, 6) is -0.527. The van der Waals surface area contributed by atoms with Crippen molar-refractivity contribution in [1.82, 2.24) is 0 Å². The van der Waals surface area contributed by atoms with Crippen LogP contribution in [0.3, 0.4) is 0 Å². The van der Waals surface area contributed by atoms with Gasteiger partial charge in [0.1, 0.15) is 26.2 Å². The maximum Gasteiger partial charge on any atom is 0.338 e. The van der Waals surface area contributed by atoms with Gasteiger partial charge in [-0.2, -0.15) is 0 Å². The first kappa shape index (κ1) is 14.4. The minimum Gasteiger partial charge on any atom is -0.456 e. The summed E-state index contributed by atoms with van der Waals surface area (Å²) in [6.45, 7) is 4.31. The molecule has 1 N–H and O–H groups in total. The van der Waals surface area contributed by atoms with E-state index in [1.54, 1.807) is 0 Å². The van der Waals surface area contributed by atoms with E-state index in [0.717, 1.165) is 32.8 Å². The van der Waals surface area contributed by atoms with Crippen molar-refractivity contribution in [2.45, 2.75) is 0 Å². The van der Waals surface area contributed by atoms with Gasteiger partial charge in [-0.1, -0.05) is 6.07 Å². The van der Waals surface area contributed by atoms with Crippen LogP contribution in [0.4, 0.5) is 5.69 Å². The second-order valence-corrected chi connectivity index (χ2v) is 4.56. The monoisotopic (exact) mass is 281 g/mol. The van der Waals surface area contributed by atoms with Crippen molar-refractivity contribution in [1.29, 1.82) is 0 Å². The van der Waals surface area contributed by atoms with Gasteiger partial charge in [0, 0.05) is 12.1 Å². The summed E-state index contributed by atoms with van der Waals surface area (Å²) in [6, 6.07) is 5.55. The molecule has 0 unspecified atom stereocenters. The lowest BCUT2D eigenvalue weighted by molar-refractivity contribution is -0.908. The average Bonchev–Trinajstić information content (AvgIpc) is 2.48. The smallest absolute Gasteiger partial charge is 0.338 e. The van der Waals surface area contributed by atoms with E-state index in [1.165, 1.54) is 29.2 Å². The fourth-order valence-corrected chi connectivity index (χ4v) is 2.03. The molecule has 0 aliphatic carbocycles. The van der Waals surface area contributed by atoms with Gasteiger partial charge < -0.3 is 14.4 Å². The van der Waals surface area contributed by atoms with Gasteiger partial charge in [-0.3, -0.25) is 10.1 Å². The average molecular weight is 281 g/mol. The number of nitro groups is 1. The first-order valence-corrected chi connectivity index (χ1v) is 6.50. The zero-order valence-corrected chi connectivity index (χ0v) is 11.0. The second-order valence-electron chi connectivity index (χ2n) is 4.56. The van der Waals surface area contributed by atoms with Crippen LogP contribution in [0.15, 0.2) is 24.3 Å². The number of benzene rings is 1. The second kappa shape index (κ2) is 6.97. The number of hydrogen-bond acceptors (Lipinski definition) is 5. The SMILES string of the molecule is O=C(OCC[NH+]1CCOCC1)c1cccc([N+](=O)[O-])c1. The van der Waals surface area contributed by atoms with Gasteiger partial charge in [0.05, 0.1) is 23.7 Å². The molecule has 0 atom stereocenters. The van der Waals surface area contributed by atoms with Gasteiger partial charge in [0.15, 0.2) is 0 Å². The van der Waals surface area contributed by atoms with Crippen molar-refractivity contribution in [3.05, 3.63) is 39.9 Å². The number of rotatable bonds is 5. The van der Waals surface area contributed by atoms with Crippen molar-refractivity contribution < 1.29 is 24.1 Å². The molecule has 1 aliphatic rings. The minimum absolute atomic E-state index is 0.113. The van der Waals surface area contributed by atoms with Gasteiger partial charge >= 0.3 is 5.97 Å². The fraction of sp³-hybridized carbons (Fsp3) is 0.462. The number of esters is 1. The van der Waals surface area contributed by atoms with E-state index in [-0.39, 0.29) is 11.3 Å². The summed E-state index contributed by atoms with van der Waals surface area (Å²) in [5.41, 5.74) is 0.0921. The number of nitrogens with zero attached hydrogens (tertiary/aromatic N) is 1. The molecule has 0 aromatic heterocycles. The minimum atomic E-state index is -0.533. The predicted octanol–water partition coefficient (Wildman–Crippen LogP) is -0.333. The molecule has 0 spiro atoms. The molecule has 0 amide bonds. The topological polar surface area (TPSA) is 83.1 Å². The Morgan fingerprint density at radius 2 is 2.15 bits per heavy atom. The third kappa shape index (κ3) is 4.01. The van der Waals surface area contributed by atoms with Crippen molar-refractivity contribution in [3.8, 4) is 0 Å². The zero-order chi connectivity index (χ0) is 14.4. The number of quaternary nitrogens is 1. The van der Waals surface area contributed by atoms with Crippen LogP contribution in [0.2, 0.25) is 0 Å². The van der Waals surface area contributed by atoms with Crippen LogP contribution in [0.1, 0.15) is 10.4 Å². The normalized spacial score (nSPS) is 15.8. The molecule has 7 heteroatoms. The maximum atomic E-state index is 11.8. The fourth-order valence-electron chi connectivity index (χ4n) is 2.03. The van der Waals surface area contributed by atoms with Crippen LogP contribution in [0.25, 0.3) is 0 Å². The Morgan fingerprint density at radius 1 is 1.40 bits per heavy atom. The molecule has 1 heterocycles. The molecule has 2 rings (SSSR count). The van der Waals surface area contributed by atoms with E-state index in [1.807, 2.05) is 0 Å². The summed E-state index contributed by atoms with van der Waals surface area (Å²) in [5, 5.41) is 10.6. The van der Waals surface area contributed by atoms with Crippen LogP contribution >= 0.6 is 0 Å². The van der Waals surface area contributed by atoms with E-state index >= 15 is 0 Å². The maximum absolute atomic E-state index is 11.8. The highest BCUT2D eigenvalue weighted by atomic mass is 16.6. The highest BCUT2D eigenvalue weighted by molar-refractivity contribution is 5.90. The molecule has 0 saturated carbocycles. The number of non-ortho nitro benzene ring substituents is 1. The Hall–Kier alpha value is -1.99. The molecule has 1 fully saturated rings. The molecule has 1 aliphatic heterocycles. The van der Waals surface area contributed by atoms with Crippen molar-refractivity contribution in [3.63, 3.8) is 0 Å². The summed E-state index contributed by atoms with van der Waals surface area (Å²) < 4.78 is 10.4. The molecule has 1 aromatic carbocycles. The van der Waals surface area contributed by atoms with Crippen LogP contribution < -0.4 is 4.90 Å². The lowest BCUT2D eigenvalue weighted by atomic mass is 10.2. The molecule has 0 bridgehead atoms. The number of morpholine rings is 1. The summed E-state index contributed by atoms with van der Waals surface area (Å²) in [7, 11) is 0. The van der Waals surface area contributed by atoms with Gasteiger partial charge in [0.25, 0.3) is 5.69 Å². The van der Waals surface area contributed by atoms with Gasteiger partial charge in [0.2, 0.25) is 0 Å². The van der Waals surface area contributed by atoms with Crippen LogP contribution in [0.5, 0.6) is 0 Å². The highest BCUT2D eigenvalue weighted by Crippen LogP contribution is 2.13. The van der Waals surface area contributed by atoms with Gasteiger partial charge in [-0.15, -0.1) is 0 Å². The van der Waals surface area contributed by atoms with E-state index in [4.69, 9.17) is 9.47 Å². The Kier molecular flexibility index (Phi) is 5.03. The highest BCUT2D eigenvalue weighted by Gasteiger charge is 2.16. The Morgan fingerprint density at radius 3 is 2.85 bits per heavy atom. The van der Waals surface area contributed by atoms with E-state index in [0.29, 0.717) is 6.61 Å². The summed E-state index contributed by atoms with van der Waals surface area (Å²) >= 11 is 0. The van der Waals surface area contributed by atoms with Crippen molar-refractivity contribution in [2.75, 3.05) is 39.5 Å². The third-order valence-corrected chi connectivity index (χ3v) is 3.18. The molecule has 7 nitrogen and oxygen atoms in total. The Balaban J connectivity index is 1.82. The number of nitrogens with one attached hydrogen (secondary N) is 1. The number of hydrogen-bond donors (Lipinski definition) is 1. The molecule has 20 heavy (non-hydrogen) atoms. The molecule has 1 saturated heterocycles. The van der Waals surface area contributed by atoms with Gasteiger partial charge in [-0.05, 0) is 6.07 Å². The first-order chi connectivity index (χ1) is 9.66. The van der Waals surface area contributed by atoms with Crippen LogP contribution in [-0.2, 0) is 9.47 Å². The number of carbonyl (C=O) groups excluding carboxylic acids is 1. The van der Waals surface area contributed by atoms with Crippen LogP contribution in [0, 0.1) is 10.1 Å². The van der Waals surface area contributed by atoms with Crippen molar-refractivity contribution in [2.24, 2.45) is 0 Å². The standard InChI is InChI=1S/C13H16N2O5/c16-13(11-2-1-3-12(10-11)15(17)18)20-9-6-14-4-7-19-8-5-14/h1-3,10H,4-9H2/p+1. The molecule has 1 aromatic rings. The number of ether oxygens (including phenoxy) is 2. The van der Waals surface area contributed by atoms with Crippen LogP contribution in [-0.4, -0.2) is 50.3 Å². The quantitative estimate of drug-likeness (QED) is 0.454. The largest absolute Gasteiger partial charge is 0.456 e. The lowest BCUT2D eigenvalue weighted by Gasteiger charge is -2.23. The summed E-state index contributed by atoms with van der Waals surface area (Å²) in [4.78, 5) is 23.2. The molecule has 0 radical (unpaired) electrons. The van der Waals surface area contributed by atoms with E-state index < -0.39 is 10.9 Å². The third-order valence-electron chi connectivity index (χ3n) is 3.18.